The molecule has 1 aliphatic rings. The summed E-state index contributed by atoms with van der Waals surface area (Å²) in [7, 11) is -9.19. The lowest BCUT2D eigenvalue weighted by Crippen LogP contribution is -2.48. The second-order valence-corrected chi connectivity index (χ2v) is 33.6. The van der Waals surface area contributed by atoms with Crippen molar-refractivity contribution in [2.24, 2.45) is 5.41 Å². The fourth-order valence-corrected chi connectivity index (χ4v) is 11.2. The third-order valence-corrected chi connectivity index (χ3v) is 23.6. The highest BCUT2D eigenvalue weighted by atomic mass is 32.2. The molecule has 0 radical (unpaired) electrons. The Balaban J connectivity index is 1.92. The number of nitro benzene ring substituents is 1. The lowest BCUT2D eigenvalue weighted by Gasteiger charge is -2.40. The molecule has 4 atom stereocenters. The van der Waals surface area contributed by atoms with Gasteiger partial charge in [0, 0.05) is 18.7 Å². The van der Waals surface area contributed by atoms with Crippen molar-refractivity contribution in [3.05, 3.63) is 91.0 Å². The van der Waals surface area contributed by atoms with Crippen molar-refractivity contribution in [2.45, 2.75) is 200 Å². The smallest absolute Gasteiger partial charge is 0.353 e. The zero-order chi connectivity index (χ0) is 48.7. The van der Waals surface area contributed by atoms with Gasteiger partial charge in [-0.2, -0.15) is 13.4 Å². The third-order valence-electron chi connectivity index (χ3n) is 13.3. The second kappa shape index (κ2) is 19.5. The first-order valence-corrected chi connectivity index (χ1v) is 29.9. The van der Waals surface area contributed by atoms with E-state index in [1.165, 1.54) is 16.8 Å². The average Bonchev–Trinajstić information content (AvgIpc) is 3.53. The van der Waals surface area contributed by atoms with Crippen molar-refractivity contribution in [3.8, 4) is 5.88 Å². The molecule has 1 aromatic heterocycles. The van der Waals surface area contributed by atoms with Crippen molar-refractivity contribution < 1.29 is 35.8 Å². The molecule has 0 saturated carbocycles. The molecule has 1 fully saturated rings. The van der Waals surface area contributed by atoms with Crippen LogP contribution in [-0.2, 0) is 35.1 Å². The number of hydrogen-bond donors (Lipinski definition) is 0. The molecule has 0 spiro atoms. The third kappa shape index (κ3) is 12.2. The van der Waals surface area contributed by atoms with E-state index < -0.39 is 73.2 Å². The maximum absolute atomic E-state index is 14.8. The molecule has 2 heterocycles. The SMILES string of the molecule is CC(C)c1cc(C(C)C)c(S(=O)(=O)Oc2nc(=O)n([C@H]3C[C@@H](O[Si](C)(C)C(C)(C)C)[C@@H](CO[Si](C)(C)C(C)(C)C)O3)cc2CO[C@H](c2ccccc2[N+](=O)[O-])C(C)(C)C)c(C(C)C)c1. The lowest BCUT2D eigenvalue weighted by atomic mass is 9.84. The molecule has 0 amide bonds. The van der Waals surface area contributed by atoms with Crippen molar-refractivity contribution in [3.63, 3.8) is 0 Å². The number of ether oxygens (including phenoxy) is 2. The number of nitrogens with zero attached hydrogens (tertiary/aromatic N) is 3. The highest BCUT2D eigenvalue weighted by Gasteiger charge is 2.47. The Kier molecular flexibility index (Phi) is 16.3. The summed E-state index contributed by atoms with van der Waals surface area (Å²) < 4.78 is 63.9. The monoisotopic (exact) mass is 943 g/mol. The van der Waals surface area contributed by atoms with Crippen LogP contribution in [0.15, 0.2) is 52.3 Å². The van der Waals surface area contributed by atoms with Gasteiger partial charge in [0.25, 0.3) is 5.69 Å². The molecule has 0 N–H and O–H groups in total. The van der Waals surface area contributed by atoms with Crippen molar-refractivity contribution in [2.75, 3.05) is 6.61 Å². The van der Waals surface area contributed by atoms with E-state index in [1.54, 1.807) is 18.2 Å². The molecule has 16 heteroatoms. The minimum atomic E-state index is -4.62. The molecule has 64 heavy (non-hydrogen) atoms. The van der Waals surface area contributed by atoms with Gasteiger partial charge in [0.15, 0.2) is 16.6 Å². The Morgan fingerprint density at radius 2 is 1.41 bits per heavy atom. The molecule has 2 aromatic carbocycles. The normalized spacial score (nSPS) is 18.6. The van der Waals surface area contributed by atoms with Gasteiger partial charge >= 0.3 is 15.8 Å². The van der Waals surface area contributed by atoms with Crippen LogP contribution in [0.5, 0.6) is 5.88 Å². The van der Waals surface area contributed by atoms with E-state index in [4.69, 9.17) is 22.5 Å². The summed E-state index contributed by atoms with van der Waals surface area (Å²) >= 11 is 0. The summed E-state index contributed by atoms with van der Waals surface area (Å²) in [5.74, 6) is -0.669. The van der Waals surface area contributed by atoms with Crippen LogP contribution in [-0.4, -0.2) is 58.3 Å². The van der Waals surface area contributed by atoms with Gasteiger partial charge in [0.1, 0.15) is 17.2 Å². The standard InChI is InChI=1S/C48H77N3O10SSi2/c1-30(2)33-24-36(31(3)4)42(37(25-33)32(5)6)62(55,56)60-44-34(28-57-43(46(7,8)9)35-22-20-21-23-38(35)51(53)54)27-50(45(52)49-44)41-26-39(61-64(18,19)48(13,14)15)40(59-41)29-58-63(16,17)47(10,11)12/h20-25,27,30-32,39-41,43H,26,28-29H2,1-19H3/t39-,40-,41-,43-/m1/s1. The molecule has 4 rings (SSSR count). The van der Waals surface area contributed by atoms with E-state index in [1.807, 2.05) is 60.6 Å². The van der Waals surface area contributed by atoms with Gasteiger partial charge in [0.2, 0.25) is 5.88 Å². The van der Waals surface area contributed by atoms with E-state index in [-0.39, 0.29) is 57.2 Å². The van der Waals surface area contributed by atoms with Crippen molar-refractivity contribution in [1.82, 2.24) is 9.55 Å². The van der Waals surface area contributed by atoms with Crippen LogP contribution in [0.25, 0.3) is 0 Å². The molecule has 0 unspecified atom stereocenters. The maximum atomic E-state index is 14.8. The largest absolute Gasteiger partial charge is 0.414 e. The Morgan fingerprint density at radius 1 is 0.859 bits per heavy atom. The number of para-hydroxylation sites is 1. The lowest BCUT2D eigenvalue weighted by molar-refractivity contribution is -0.386. The summed E-state index contributed by atoms with van der Waals surface area (Å²) in [4.78, 5) is 30.5. The van der Waals surface area contributed by atoms with E-state index in [0.29, 0.717) is 23.1 Å². The highest BCUT2D eigenvalue weighted by Crippen LogP contribution is 2.44. The molecule has 1 saturated heterocycles. The summed E-state index contributed by atoms with van der Waals surface area (Å²) in [5, 5.41) is 12.1. The van der Waals surface area contributed by atoms with Crippen molar-refractivity contribution in [1.29, 1.82) is 0 Å². The number of hydrogen-bond acceptors (Lipinski definition) is 11. The van der Waals surface area contributed by atoms with Crippen LogP contribution in [0.1, 0.15) is 168 Å². The predicted molar refractivity (Wildman–Crippen MR) is 259 cm³/mol. The van der Waals surface area contributed by atoms with Crippen LogP contribution in [0.3, 0.4) is 0 Å². The fraction of sp³-hybridized carbons (Fsp3) is 0.667. The summed E-state index contributed by atoms with van der Waals surface area (Å²) in [6.45, 7) is 39.3. The molecule has 13 nitrogen and oxygen atoms in total. The van der Waals surface area contributed by atoms with E-state index in [0.717, 1.165) is 5.56 Å². The van der Waals surface area contributed by atoms with Crippen LogP contribution in [0, 0.1) is 15.5 Å². The van der Waals surface area contributed by atoms with Gasteiger partial charge in [-0.1, -0.05) is 128 Å². The van der Waals surface area contributed by atoms with E-state index >= 15 is 0 Å². The van der Waals surface area contributed by atoms with Crippen LogP contribution < -0.4 is 9.87 Å². The molecular formula is C48H77N3O10SSi2. The Bertz CT molecular complexity index is 2280. The van der Waals surface area contributed by atoms with Gasteiger partial charge in [-0.15, -0.1) is 0 Å². The Labute approximate surface area is 385 Å². The van der Waals surface area contributed by atoms with Gasteiger partial charge in [-0.25, -0.2) is 4.79 Å². The summed E-state index contributed by atoms with van der Waals surface area (Å²) in [6, 6.07) is 10.2. The van der Waals surface area contributed by atoms with Gasteiger partial charge in [0.05, 0.1) is 41.5 Å². The number of nitro groups is 1. The van der Waals surface area contributed by atoms with E-state index in [9.17, 15) is 23.3 Å². The van der Waals surface area contributed by atoms with Gasteiger partial charge < -0.3 is 22.5 Å². The number of benzene rings is 2. The molecule has 358 valence electrons. The molecule has 0 aliphatic carbocycles. The minimum Gasteiger partial charge on any atom is -0.414 e. The number of rotatable bonds is 17. The average molecular weight is 944 g/mol. The first-order chi connectivity index (χ1) is 29.1. The molecule has 3 aromatic rings. The second-order valence-electron chi connectivity index (χ2n) is 22.5. The van der Waals surface area contributed by atoms with Crippen LogP contribution in [0.4, 0.5) is 5.69 Å². The quantitative estimate of drug-likeness (QED) is 0.0549. The predicted octanol–water partition coefficient (Wildman–Crippen LogP) is 12.3. The van der Waals surface area contributed by atoms with Gasteiger partial charge in [-0.05, 0) is 82.2 Å². The Hall–Kier alpha value is -3.26. The molecule has 0 bridgehead atoms. The van der Waals surface area contributed by atoms with Crippen LogP contribution >= 0.6 is 0 Å². The van der Waals surface area contributed by atoms with E-state index in [2.05, 4.69) is 86.6 Å². The topological polar surface area (TPSA) is 158 Å². The first-order valence-electron chi connectivity index (χ1n) is 22.7. The minimum absolute atomic E-state index is 0.0431. The first kappa shape index (κ1) is 53.4. The van der Waals surface area contributed by atoms with Gasteiger partial charge in [-0.3, -0.25) is 14.7 Å². The zero-order valence-electron chi connectivity index (χ0n) is 42.0. The molecular weight excluding hydrogens is 867 g/mol. The highest BCUT2D eigenvalue weighted by molar-refractivity contribution is 7.87. The Morgan fingerprint density at radius 3 is 1.89 bits per heavy atom. The summed E-state index contributed by atoms with van der Waals surface area (Å²) in [5.41, 5.74) is 1.12. The number of aromatic nitrogens is 2. The van der Waals surface area contributed by atoms with Crippen molar-refractivity contribution >= 4 is 32.4 Å². The molecule has 1 aliphatic heterocycles. The fourth-order valence-electron chi connectivity index (χ4n) is 7.26. The maximum Gasteiger partial charge on any atom is 0.353 e. The zero-order valence-corrected chi connectivity index (χ0v) is 44.9. The summed E-state index contributed by atoms with van der Waals surface area (Å²) in [6.07, 6.45) is -0.845. The van der Waals surface area contributed by atoms with Crippen LogP contribution in [0.2, 0.25) is 36.3 Å².